The Morgan fingerprint density at radius 2 is 2.43 bits per heavy atom. The molecule has 0 atom stereocenters. The van der Waals surface area contributed by atoms with E-state index in [-0.39, 0.29) is 5.97 Å². The monoisotopic (exact) mass is 368 g/mol. The van der Waals surface area contributed by atoms with Crippen molar-refractivity contribution in [3.63, 3.8) is 0 Å². The van der Waals surface area contributed by atoms with Crippen LogP contribution in [0.25, 0.3) is 0 Å². The molecule has 1 aliphatic rings. The van der Waals surface area contributed by atoms with Crippen molar-refractivity contribution in [1.82, 2.24) is 4.98 Å². The summed E-state index contributed by atoms with van der Waals surface area (Å²) in [6, 6.07) is 5.87. The Morgan fingerprint density at radius 1 is 1.57 bits per heavy atom. The fraction of sp³-hybridized carbons (Fsp3) is 0.286. The molecular formula is C14H13BrN2O3S. The van der Waals surface area contributed by atoms with E-state index in [4.69, 9.17) is 9.47 Å². The number of aromatic nitrogens is 1. The molecule has 0 amide bonds. The first-order valence-electron chi connectivity index (χ1n) is 6.51. The Bertz CT molecular complexity index is 674. The molecule has 0 fully saturated rings. The molecule has 21 heavy (non-hydrogen) atoms. The molecule has 110 valence electrons. The zero-order valence-corrected chi connectivity index (χ0v) is 13.7. The standard InChI is InChI=1S/C14H13BrN2O3S/c1-2-19-13(18)10-8-21-14(16-10)17-5-6-20-12-7-9(15)3-4-11(12)17/h3-4,7-8H,2,5-6H2,1H3. The molecule has 0 bridgehead atoms. The van der Waals surface area contributed by atoms with Gasteiger partial charge in [0.05, 0.1) is 18.8 Å². The zero-order valence-electron chi connectivity index (χ0n) is 11.3. The molecule has 0 saturated carbocycles. The fourth-order valence-electron chi connectivity index (χ4n) is 2.08. The SMILES string of the molecule is CCOC(=O)c1csc(N2CCOc3cc(Br)ccc32)n1. The molecule has 0 aliphatic carbocycles. The Morgan fingerprint density at radius 3 is 3.24 bits per heavy atom. The minimum Gasteiger partial charge on any atom is -0.489 e. The molecule has 0 saturated heterocycles. The van der Waals surface area contributed by atoms with E-state index in [1.807, 2.05) is 18.2 Å². The maximum Gasteiger partial charge on any atom is 0.357 e. The van der Waals surface area contributed by atoms with Crippen molar-refractivity contribution in [1.29, 1.82) is 0 Å². The van der Waals surface area contributed by atoms with Gasteiger partial charge in [-0.3, -0.25) is 0 Å². The highest BCUT2D eigenvalue weighted by Gasteiger charge is 2.23. The average molecular weight is 369 g/mol. The van der Waals surface area contributed by atoms with Gasteiger partial charge in [-0.05, 0) is 25.1 Å². The van der Waals surface area contributed by atoms with Gasteiger partial charge in [0.1, 0.15) is 12.4 Å². The molecule has 0 radical (unpaired) electrons. The summed E-state index contributed by atoms with van der Waals surface area (Å²) in [5.74, 6) is 0.424. The second-order valence-electron chi connectivity index (χ2n) is 4.35. The van der Waals surface area contributed by atoms with Crippen LogP contribution in [0.15, 0.2) is 28.1 Å². The second kappa shape index (κ2) is 6.03. The van der Waals surface area contributed by atoms with Crippen molar-refractivity contribution in [3.8, 4) is 5.75 Å². The number of carbonyl (C=O) groups is 1. The van der Waals surface area contributed by atoms with E-state index in [1.54, 1.807) is 12.3 Å². The maximum absolute atomic E-state index is 11.7. The second-order valence-corrected chi connectivity index (χ2v) is 6.10. The molecule has 5 nitrogen and oxygen atoms in total. The van der Waals surface area contributed by atoms with Crippen molar-refractivity contribution in [2.24, 2.45) is 0 Å². The minimum atomic E-state index is -0.385. The molecule has 0 N–H and O–H groups in total. The van der Waals surface area contributed by atoms with Gasteiger partial charge in [0.2, 0.25) is 0 Å². The van der Waals surface area contributed by atoms with Crippen LogP contribution in [-0.2, 0) is 4.74 Å². The summed E-state index contributed by atoms with van der Waals surface area (Å²) in [6.45, 7) is 3.41. The Hall–Kier alpha value is -1.60. The summed E-state index contributed by atoms with van der Waals surface area (Å²) in [5, 5.41) is 2.49. The van der Waals surface area contributed by atoms with Gasteiger partial charge >= 0.3 is 5.97 Å². The number of hydrogen-bond acceptors (Lipinski definition) is 6. The van der Waals surface area contributed by atoms with Gasteiger partial charge in [0.25, 0.3) is 0 Å². The lowest BCUT2D eigenvalue weighted by Gasteiger charge is -2.29. The first kappa shape index (κ1) is 14.3. The van der Waals surface area contributed by atoms with E-state index in [1.165, 1.54) is 11.3 Å². The van der Waals surface area contributed by atoms with Gasteiger partial charge in [-0.15, -0.1) is 11.3 Å². The molecule has 0 unspecified atom stereocenters. The van der Waals surface area contributed by atoms with E-state index >= 15 is 0 Å². The van der Waals surface area contributed by atoms with Crippen molar-refractivity contribution < 1.29 is 14.3 Å². The predicted molar refractivity (Wildman–Crippen MR) is 84.7 cm³/mol. The van der Waals surface area contributed by atoms with Crippen molar-refractivity contribution >= 4 is 44.1 Å². The van der Waals surface area contributed by atoms with E-state index < -0.39 is 0 Å². The number of nitrogens with zero attached hydrogens (tertiary/aromatic N) is 2. The number of anilines is 2. The minimum absolute atomic E-state index is 0.347. The summed E-state index contributed by atoms with van der Waals surface area (Å²) in [7, 11) is 0. The summed E-state index contributed by atoms with van der Waals surface area (Å²) in [5.41, 5.74) is 1.30. The summed E-state index contributed by atoms with van der Waals surface area (Å²) < 4.78 is 11.6. The van der Waals surface area contributed by atoms with E-state index in [9.17, 15) is 4.79 Å². The normalized spacial score (nSPS) is 13.5. The van der Waals surface area contributed by atoms with Crippen LogP contribution in [0.2, 0.25) is 0 Å². The molecule has 1 aromatic carbocycles. The molecule has 3 rings (SSSR count). The van der Waals surface area contributed by atoms with Gasteiger partial charge in [-0.1, -0.05) is 15.9 Å². The summed E-state index contributed by atoms with van der Waals surface area (Å²) >= 11 is 4.86. The topological polar surface area (TPSA) is 51.7 Å². The quantitative estimate of drug-likeness (QED) is 0.774. The van der Waals surface area contributed by atoms with Crippen LogP contribution in [0, 0.1) is 0 Å². The van der Waals surface area contributed by atoms with Crippen LogP contribution < -0.4 is 9.64 Å². The third-order valence-corrected chi connectivity index (χ3v) is 4.35. The lowest BCUT2D eigenvalue weighted by atomic mass is 10.2. The molecule has 1 aromatic heterocycles. The number of hydrogen-bond donors (Lipinski definition) is 0. The number of esters is 1. The van der Waals surface area contributed by atoms with Gasteiger partial charge in [0.15, 0.2) is 10.8 Å². The largest absolute Gasteiger partial charge is 0.489 e. The molecule has 2 aromatic rings. The molecule has 2 heterocycles. The van der Waals surface area contributed by atoms with Crippen LogP contribution in [0.4, 0.5) is 10.8 Å². The number of fused-ring (bicyclic) bond motifs is 1. The number of thiazole rings is 1. The van der Waals surface area contributed by atoms with Crippen LogP contribution in [0.5, 0.6) is 5.75 Å². The van der Waals surface area contributed by atoms with Crippen molar-refractivity contribution in [2.45, 2.75) is 6.92 Å². The number of benzene rings is 1. The lowest BCUT2D eigenvalue weighted by Crippen LogP contribution is -2.28. The number of rotatable bonds is 3. The molecule has 1 aliphatic heterocycles. The first-order chi connectivity index (χ1) is 10.2. The predicted octanol–water partition coefficient (Wildman–Crippen LogP) is 3.61. The third kappa shape index (κ3) is 2.89. The van der Waals surface area contributed by atoms with Crippen LogP contribution in [-0.4, -0.2) is 30.7 Å². The number of ether oxygens (including phenoxy) is 2. The first-order valence-corrected chi connectivity index (χ1v) is 8.19. The van der Waals surface area contributed by atoms with Crippen LogP contribution in [0.3, 0.4) is 0 Å². The average Bonchev–Trinajstić information content (AvgIpc) is 2.96. The Balaban J connectivity index is 1.90. The van der Waals surface area contributed by atoms with E-state index in [2.05, 4.69) is 25.8 Å². The van der Waals surface area contributed by atoms with Gasteiger partial charge in [-0.2, -0.15) is 0 Å². The zero-order chi connectivity index (χ0) is 14.8. The maximum atomic E-state index is 11.7. The highest BCUT2D eigenvalue weighted by atomic mass is 79.9. The van der Waals surface area contributed by atoms with Crippen LogP contribution >= 0.6 is 27.3 Å². The highest BCUT2D eigenvalue weighted by molar-refractivity contribution is 9.10. The molecular weight excluding hydrogens is 356 g/mol. The Labute approximate surface area is 134 Å². The Kier molecular flexibility index (Phi) is 4.12. The molecule has 0 spiro atoms. The van der Waals surface area contributed by atoms with Gasteiger partial charge in [0, 0.05) is 9.85 Å². The van der Waals surface area contributed by atoms with Gasteiger partial charge in [-0.25, -0.2) is 9.78 Å². The highest BCUT2D eigenvalue weighted by Crippen LogP contribution is 2.39. The number of carbonyl (C=O) groups excluding carboxylic acids is 1. The lowest BCUT2D eigenvalue weighted by molar-refractivity contribution is 0.0520. The van der Waals surface area contributed by atoms with E-state index in [0.29, 0.717) is 25.5 Å². The van der Waals surface area contributed by atoms with E-state index in [0.717, 1.165) is 21.0 Å². The molecule has 7 heteroatoms. The third-order valence-electron chi connectivity index (χ3n) is 2.99. The smallest absolute Gasteiger partial charge is 0.357 e. The van der Waals surface area contributed by atoms with Crippen LogP contribution in [0.1, 0.15) is 17.4 Å². The summed E-state index contributed by atoms with van der Waals surface area (Å²) in [6.07, 6.45) is 0. The number of halogens is 1. The van der Waals surface area contributed by atoms with Crippen molar-refractivity contribution in [2.75, 3.05) is 24.7 Å². The van der Waals surface area contributed by atoms with Gasteiger partial charge < -0.3 is 14.4 Å². The summed E-state index contributed by atoms with van der Waals surface area (Å²) in [4.78, 5) is 18.1. The fourth-order valence-corrected chi connectivity index (χ4v) is 3.25. The van der Waals surface area contributed by atoms with Crippen molar-refractivity contribution in [3.05, 3.63) is 33.7 Å².